The van der Waals surface area contributed by atoms with Gasteiger partial charge in [0.05, 0.1) is 12.4 Å². The van der Waals surface area contributed by atoms with Crippen molar-refractivity contribution in [3.63, 3.8) is 0 Å². The first-order chi connectivity index (χ1) is 14.1. The Hall–Kier alpha value is -1.81. The number of hydrogen-bond acceptors (Lipinski definition) is 2. The van der Waals surface area contributed by atoms with E-state index in [1.807, 2.05) is 43.5 Å². The lowest BCUT2D eigenvalue weighted by Crippen LogP contribution is -2.24. The van der Waals surface area contributed by atoms with E-state index >= 15 is 0 Å². The van der Waals surface area contributed by atoms with Gasteiger partial charge >= 0.3 is 0 Å². The molecule has 0 spiro atoms. The van der Waals surface area contributed by atoms with Gasteiger partial charge in [-0.25, -0.2) is 4.98 Å². The molecule has 0 saturated heterocycles. The number of aromatic amines is 1. The van der Waals surface area contributed by atoms with Crippen molar-refractivity contribution in [3.05, 3.63) is 88.0 Å². The number of nitrogens with zero attached hydrogens (tertiary/aromatic N) is 1. The lowest BCUT2D eigenvalue weighted by Gasteiger charge is -2.22. The quantitative estimate of drug-likeness (QED) is 0.213. The highest BCUT2D eigenvalue weighted by Crippen LogP contribution is 2.26. The fourth-order valence-corrected chi connectivity index (χ4v) is 3.58. The van der Waals surface area contributed by atoms with Gasteiger partial charge in [0, 0.05) is 21.9 Å². The summed E-state index contributed by atoms with van der Waals surface area (Å²) in [7, 11) is 0. The lowest BCUT2D eigenvalue weighted by atomic mass is 9.95. The van der Waals surface area contributed by atoms with E-state index in [0.29, 0.717) is 0 Å². The van der Waals surface area contributed by atoms with Crippen LogP contribution in [0.15, 0.2) is 71.7 Å². The van der Waals surface area contributed by atoms with Crippen LogP contribution in [-0.2, 0) is 6.42 Å². The molecule has 2 rings (SSSR count). The smallest absolute Gasteiger partial charge is 0.0921 e. The van der Waals surface area contributed by atoms with Gasteiger partial charge < -0.3 is 10.3 Å². The fourth-order valence-electron chi connectivity index (χ4n) is 3.24. The second-order valence-corrected chi connectivity index (χ2v) is 7.80. The van der Waals surface area contributed by atoms with Crippen LogP contribution < -0.4 is 5.32 Å². The monoisotopic (exact) mass is 431 g/mol. The summed E-state index contributed by atoms with van der Waals surface area (Å²) < 4.78 is 0. The van der Waals surface area contributed by atoms with Gasteiger partial charge in [0.25, 0.3) is 0 Å². The minimum Gasteiger partial charge on any atom is -0.348 e. The van der Waals surface area contributed by atoms with Crippen molar-refractivity contribution in [2.45, 2.75) is 52.0 Å². The van der Waals surface area contributed by atoms with E-state index in [4.69, 9.17) is 23.2 Å². The van der Waals surface area contributed by atoms with Gasteiger partial charge in [-0.2, -0.15) is 0 Å². The van der Waals surface area contributed by atoms with Gasteiger partial charge in [-0.15, -0.1) is 0 Å². The number of rotatable bonds is 12. The fraction of sp³-hybridized carbons (Fsp3) is 0.375. The van der Waals surface area contributed by atoms with Crippen molar-refractivity contribution in [1.82, 2.24) is 15.3 Å². The zero-order valence-corrected chi connectivity index (χ0v) is 18.8. The van der Waals surface area contributed by atoms with Crippen molar-refractivity contribution < 1.29 is 0 Å². The number of allylic oxidation sites excluding steroid dienone is 5. The predicted molar refractivity (Wildman–Crippen MR) is 125 cm³/mol. The number of hydrogen-bond donors (Lipinski definition) is 2. The molecule has 1 unspecified atom stereocenters. The Bertz CT molecular complexity index is 790. The van der Waals surface area contributed by atoms with Crippen LogP contribution >= 0.6 is 23.2 Å². The van der Waals surface area contributed by atoms with E-state index in [1.54, 1.807) is 6.33 Å². The van der Waals surface area contributed by atoms with Crippen molar-refractivity contribution in [1.29, 1.82) is 0 Å². The second-order valence-electron chi connectivity index (χ2n) is 6.93. The van der Waals surface area contributed by atoms with E-state index in [9.17, 15) is 0 Å². The normalized spacial score (nSPS) is 13.9. The summed E-state index contributed by atoms with van der Waals surface area (Å²) in [5.41, 5.74) is 3.79. The molecule has 2 aromatic rings. The highest BCUT2D eigenvalue weighted by molar-refractivity contribution is 6.31. The number of benzene rings is 1. The average Bonchev–Trinajstić information content (AvgIpc) is 3.23. The van der Waals surface area contributed by atoms with Gasteiger partial charge in [-0.1, -0.05) is 66.1 Å². The Morgan fingerprint density at radius 2 is 2.00 bits per heavy atom. The summed E-state index contributed by atoms with van der Waals surface area (Å²) >= 11 is 12.3. The standard InChI is InChI=1S/C24H31Cl2N3/c1-3-8-21(25)10-7-9-19(4-2)24(20-12-14-22(26)15-13-20)28-16-6-5-11-23-17-27-18-29-23/h3,8-10,12-15,17-18,24,28H,4-7,11,16H2,1-2H3,(H,27,29)/b8-3?,19-9+,21-10+. The van der Waals surface area contributed by atoms with E-state index < -0.39 is 0 Å². The number of aromatic nitrogens is 2. The molecule has 3 nitrogen and oxygen atoms in total. The number of unbranched alkanes of at least 4 members (excludes halogenated alkanes) is 1. The van der Waals surface area contributed by atoms with Crippen LogP contribution in [0.3, 0.4) is 0 Å². The topological polar surface area (TPSA) is 40.7 Å². The van der Waals surface area contributed by atoms with Crippen molar-refractivity contribution in [2.24, 2.45) is 0 Å². The Kier molecular flexibility index (Phi) is 10.9. The third kappa shape index (κ3) is 8.61. The Balaban J connectivity index is 2.02. The molecule has 0 amide bonds. The molecule has 1 heterocycles. The SMILES string of the molecule is CC=C/C(Cl)=C\C/C=C(\CC)C(NCCCCc1cnc[nH]1)c1ccc(Cl)cc1. The van der Waals surface area contributed by atoms with Gasteiger partial charge in [0.15, 0.2) is 0 Å². The molecule has 0 saturated carbocycles. The average molecular weight is 432 g/mol. The summed E-state index contributed by atoms with van der Waals surface area (Å²) in [6, 6.07) is 8.31. The van der Waals surface area contributed by atoms with E-state index in [-0.39, 0.29) is 6.04 Å². The molecule has 0 aliphatic carbocycles. The van der Waals surface area contributed by atoms with Gasteiger partial charge in [-0.3, -0.25) is 0 Å². The summed E-state index contributed by atoms with van der Waals surface area (Å²) in [4.78, 5) is 7.24. The second kappa shape index (κ2) is 13.4. The highest BCUT2D eigenvalue weighted by Gasteiger charge is 2.14. The lowest BCUT2D eigenvalue weighted by molar-refractivity contribution is 0.551. The van der Waals surface area contributed by atoms with Crippen LogP contribution in [0.5, 0.6) is 0 Å². The van der Waals surface area contributed by atoms with Gasteiger partial charge in [-0.05, 0) is 69.3 Å². The Morgan fingerprint density at radius 3 is 2.66 bits per heavy atom. The molecule has 1 aromatic carbocycles. The molecular formula is C24H31Cl2N3. The third-order valence-corrected chi connectivity index (χ3v) is 5.31. The van der Waals surface area contributed by atoms with Crippen molar-refractivity contribution >= 4 is 23.2 Å². The van der Waals surface area contributed by atoms with Crippen LogP contribution in [0, 0.1) is 0 Å². The Morgan fingerprint density at radius 1 is 1.21 bits per heavy atom. The highest BCUT2D eigenvalue weighted by atomic mass is 35.5. The number of imidazole rings is 1. The first kappa shape index (κ1) is 23.5. The molecule has 29 heavy (non-hydrogen) atoms. The maximum Gasteiger partial charge on any atom is 0.0921 e. The molecule has 0 aliphatic rings. The van der Waals surface area contributed by atoms with Gasteiger partial charge in [0.1, 0.15) is 0 Å². The molecule has 0 bridgehead atoms. The molecule has 2 N–H and O–H groups in total. The third-order valence-electron chi connectivity index (χ3n) is 4.78. The number of H-pyrrole nitrogens is 1. The summed E-state index contributed by atoms with van der Waals surface area (Å²) in [5.74, 6) is 0. The zero-order valence-electron chi connectivity index (χ0n) is 17.3. The van der Waals surface area contributed by atoms with Crippen molar-refractivity contribution in [2.75, 3.05) is 6.54 Å². The molecule has 156 valence electrons. The maximum atomic E-state index is 6.19. The number of nitrogens with one attached hydrogen (secondary N) is 2. The number of halogens is 2. The van der Waals surface area contributed by atoms with Gasteiger partial charge in [0.2, 0.25) is 0 Å². The molecule has 0 fully saturated rings. The van der Waals surface area contributed by atoms with Crippen LogP contribution in [0.1, 0.15) is 56.8 Å². The minimum absolute atomic E-state index is 0.179. The summed E-state index contributed by atoms with van der Waals surface area (Å²) in [6.45, 7) is 5.12. The van der Waals surface area contributed by atoms with Crippen molar-refractivity contribution in [3.8, 4) is 0 Å². The van der Waals surface area contributed by atoms with Crippen LogP contribution in [0.25, 0.3) is 0 Å². The molecule has 5 heteroatoms. The predicted octanol–water partition coefficient (Wildman–Crippen LogP) is 7.14. The minimum atomic E-state index is 0.179. The van der Waals surface area contributed by atoms with E-state index in [2.05, 4.69) is 40.4 Å². The number of aryl methyl sites for hydroxylation is 1. The molecular weight excluding hydrogens is 401 g/mol. The molecule has 1 aromatic heterocycles. The van der Waals surface area contributed by atoms with Crippen LogP contribution in [-0.4, -0.2) is 16.5 Å². The molecule has 0 radical (unpaired) electrons. The molecule has 1 atom stereocenters. The Labute approximate surface area is 184 Å². The van der Waals surface area contributed by atoms with E-state index in [0.717, 1.165) is 48.7 Å². The van der Waals surface area contributed by atoms with E-state index in [1.165, 1.54) is 16.8 Å². The van der Waals surface area contributed by atoms with Crippen LogP contribution in [0.4, 0.5) is 0 Å². The zero-order chi connectivity index (χ0) is 20.9. The largest absolute Gasteiger partial charge is 0.348 e. The maximum absolute atomic E-state index is 6.19. The summed E-state index contributed by atoms with van der Waals surface area (Å²) in [6.07, 6.45) is 16.9. The summed E-state index contributed by atoms with van der Waals surface area (Å²) in [5, 5.41) is 5.28. The van der Waals surface area contributed by atoms with Crippen LogP contribution in [0.2, 0.25) is 5.02 Å². The first-order valence-corrected chi connectivity index (χ1v) is 11.0. The first-order valence-electron chi connectivity index (χ1n) is 10.3. The molecule has 0 aliphatic heterocycles.